The molecule has 0 aliphatic carbocycles. The summed E-state index contributed by atoms with van der Waals surface area (Å²) in [4.78, 5) is 6.35. The largest absolute Gasteiger partial charge is 0.511 e. The lowest BCUT2D eigenvalue weighted by Gasteiger charge is -2.34. The first kappa shape index (κ1) is 26.9. The summed E-state index contributed by atoms with van der Waals surface area (Å²) in [5.74, 6) is 0. The third kappa shape index (κ3) is 6.40. The number of rotatable bonds is 9. The van der Waals surface area contributed by atoms with E-state index in [1.807, 2.05) is 35.2 Å². The van der Waals surface area contributed by atoms with Gasteiger partial charge in [-0.25, -0.2) is 12.8 Å². The van der Waals surface area contributed by atoms with E-state index in [0.29, 0.717) is 39.8 Å². The van der Waals surface area contributed by atoms with E-state index in [4.69, 9.17) is 0 Å². The van der Waals surface area contributed by atoms with Gasteiger partial charge in [0.1, 0.15) is 6.67 Å². The van der Waals surface area contributed by atoms with E-state index in [-0.39, 0.29) is 26.2 Å². The number of nitrogens with zero attached hydrogens (tertiary/aromatic N) is 3. The number of para-hydroxylation sites is 1. The molecular weight excluding hydrogens is 508 g/mol. The Hall–Kier alpha value is -3.18. The van der Waals surface area contributed by atoms with E-state index in [9.17, 15) is 26.0 Å². The van der Waals surface area contributed by atoms with Crippen LogP contribution in [0.15, 0.2) is 72.9 Å². The molecule has 0 radical (unpaired) electrons. The summed E-state index contributed by atoms with van der Waals surface area (Å²) in [5.41, 5.74) is -1.98. The average molecular weight is 537 g/mol. The van der Waals surface area contributed by atoms with Crippen LogP contribution < -0.4 is 10.2 Å². The van der Waals surface area contributed by atoms with Gasteiger partial charge in [0.2, 0.25) is 0 Å². The molecule has 11 heteroatoms. The number of sulfonamides is 1. The molecule has 0 saturated heterocycles. The topological polar surface area (TPSA) is 65.5 Å². The minimum absolute atomic E-state index is 0.139. The maximum absolute atomic E-state index is 13.6. The molecule has 1 N–H and O–H groups in total. The first-order chi connectivity index (χ1) is 17.7. The highest BCUT2D eigenvalue weighted by atomic mass is 32.2. The molecule has 2 heterocycles. The fourth-order valence-corrected chi connectivity index (χ4v) is 5.49. The molecule has 2 aromatic carbocycles. The molecule has 0 bridgehead atoms. The van der Waals surface area contributed by atoms with Crippen molar-refractivity contribution < 1.29 is 26.0 Å². The maximum atomic E-state index is 13.6. The third-order valence-corrected chi connectivity index (χ3v) is 7.86. The van der Waals surface area contributed by atoms with Crippen LogP contribution in [0.1, 0.15) is 23.2 Å². The highest BCUT2D eigenvalue weighted by molar-refractivity contribution is 7.89. The summed E-state index contributed by atoms with van der Waals surface area (Å²) >= 11 is 0. The molecule has 1 aliphatic rings. The van der Waals surface area contributed by atoms with Crippen molar-refractivity contribution in [3.8, 4) is 0 Å². The fourth-order valence-electron chi connectivity index (χ4n) is 4.52. The number of anilines is 2. The number of pyridine rings is 1. The maximum Gasteiger partial charge on any atom is 0.511 e. The van der Waals surface area contributed by atoms with Crippen LogP contribution in [-0.2, 0) is 29.5 Å². The number of alkyl halides is 4. The summed E-state index contributed by atoms with van der Waals surface area (Å²) < 4.78 is 79.1. The summed E-state index contributed by atoms with van der Waals surface area (Å²) in [5, 5.41) is 2.96. The normalized spacial score (nSPS) is 16.8. The van der Waals surface area contributed by atoms with Crippen molar-refractivity contribution in [1.82, 2.24) is 9.29 Å². The third-order valence-electron chi connectivity index (χ3n) is 6.32. The number of hydrogen-bond donors (Lipinski definition) is 1. The van der Waals surface area contributed by atoms with Crippen LogP contribution in [0.25, 0.3) is 0 Å². The van der Waals surface area contributed by atoms with Gasteiger partial charge in [-0.1, -0.05) is 48.5 Å². The number of fused-ring (bicyclic) bond motifs is 1. The van der Waals surface area contributed by atoms with Crippen LogP contribution in [0, 0.1) is 0 Å². The van der Waals surface area contributed by atoms with Crippen LogP contribution >= 0.6 is 0 Å². The van der Waals surface area contributed by atoms with Crippen LogP contribution in [0.3, 0.4) is 0 Å². The number of aromatic nitrogens is 1. The van der Waals surface area contributed by atoms with Crippen molar-refractivity contribution in [2.24, 2.45) is 0 Å². The molecule has 6 nitrogen and oxygen atoms in total. The van der Waals surface area contributed by atoms with Crippen LogP contribution in [0.2, 0.25) is 0 Å². The molecule has 0 saturated carbocycles. The van der Waals surface area contributed by atoms with Crippen molar-refractivity contribution >= 4 is 21.4 Å². The zero-order valence-corrected chi connectivity index (χ0v) is 20.9. The summed E-state index contributed by atoms with van der Waals surface area (Å²) in [6.45, 7) is -0.880. The van der Waals surface area contributed by atoms with E-state index < -0.39 is 28.2 Å². The van der Waals surface area contributed by atoms with Crippen molar-refractivity contribution in [3.05, 3.63) is 89.7 Å². The molecule has 1 aliphatic heterocycles. The zero-order valence-electron chi connectivity index (χ0n) is 20.0. The summed E-state index contributed by atoms with van der Waals surface area (Å²) in [6.07, 6.45) is 2.55. The van der Waals surface area contributed by atoms with E-state index in [1.54, 1.807) is 42.6 Å². The second kappa shape index (κ2) is 11.5. The van der Waals surface area contributed by atoms with Gasteiger partial charge in [-0.15, -0.1) is 0 Å². The Labute approximate surface area is 214 Å². The van der Waals surface area contributed by atoms with Gasteiger partial charge >= 0.3 is 15.5 Å². The Balaban J connectivity index is 1.72. The van der Waals surface area contributed by atoms with E-state index in [0.717, 1.165) is 5.56 Å². The zero-order chi connectivity index (χ0) is 26.5. The minimum Gasteiger partial charge on any atom is -0.382 e. The van der Waals surface area contributed by atoms with Gasteiger partial charge in [0.05, 0.1) is 12.2 Å². The standard InChI is InChI=1S/C26H28F4N4O2S/c27-13-15-32-22-12-14-31-23(16-22)18-34-24(11-10-20-6-2-1-3-7-20)19-33(37(35,36)26(28,29)30)17-21-8-4-5-9-25(21)34/h1-9,12,14,16,24H,10-11,13,15,17-19H2,(H,31,32). The minimum atomic E-state index is -5.55. The number of hydrogen-bond acceptors (Lipinski definition) is 5. The molecule has 4 rings (SSSR count). The lowest BCUT2D eigenvalue weighted by atomic mass is 10.0. The Kier molecular flexibility index (Phi) is 8.33. The van der Waals surface area contributed by atoms with Crippen molar-refractivity contribution in [2.45, 2.75) is 37.5 Å². The number of halogens is 4. The van der Waals surface area contributed by atoms with Gasteiger partial charge < -0.3 is 10.2 Å². The highest BCUT2D eigenvalue weighted by Crippen LogP contribution is 2.35. The predicted molar refractivity (Wildman–Crippen MR) is 135 cm³/mol. The fraction of sp³-hybridized carbons (Fsp3) is 0.346. The molecular formula is C26H28F4N4O2S. The summed E-state index contributed by atoms with van der Waals surface area (Å²) in [6, 6.07) is 19.3. The lowest BCUT2D eigenvalue weighted by molar-refractivity contribution is -0.0492. The second-order valence-electron chi connectivity index (χ2n) is 8.83. The first-order valence-electron chi connectivity index (χ1n) is 11.9. The van der Waals surface area contributed by atoms with Crippen molar-refractivity contribution in [3.63, 3.8) is 0 Å². The Morgan fingerprint density at radius 1 is 1.03 bits per heavy atom. The average Bonchev–Trinajstić information content (AvgIpc) is 3.04. The smallest absolute Gasteiger partial charge is 0.382 e. The highest BCUT2D eigenvalue weighted by Gasteiger charge is 2.51. The van der Waals surface area contributed by atoms with Gasteiger partial charge in [-0.05, 0) is 42.2 Å². The van der Waals surface area contributed by atoms with Gasteiger partial charge in [-0.2, -0.15) is 17.5 Å². The van der Waals surface area contributed by atoms with Gasteiger partial charge in [0, 0.05) is 43.2 Å². The van der Waals surface area contributed by atoms with E-state index in [1.165, 1.54) is 0 Å². The quantitative estimate of drug-likeness (QED) is 0.384. The second-order valence-corrected chi connectivity index (χ2v) is 10.8. The van der Waals surface area contributed by atoms with E-state index >= 15 is 0 Å². The van der Waals surface area contributed by atoms with Gasteiger partial charge in [0.15, 0.2) is 0 Å². The van der Waals surface area contributed by atoms with Crippen LogP contribution in [0.5, 0.6) is 0 Å². The van der Waals surface area contributed by atoms with Gasteiger partial charge in [-0.3, -0.25) is 4.98 Å². The molecule has 0 fully saturated rings. The molecule has 0 amide bonds. The van der Waals surface area contributed by atoms with E-state index in [2.05, 4.69) is 10.3 Å². The number of benzene rings is 2. The summed E-state index contributed by atoms with van der Waals surface area (Å²) in [7, 11) is -5.55. The van der Waals surface area contributed by atoms with Gasteiger partial charge in [0.25, 0.3) is 0 Å². The SMILES string of the molecule is O=S(=O)(N1Cc2ccccc2N(Cc2cc(NCCF)ccn2)C(CCc2ccccc2)C1)C(F)(F)F. The molecule has 3 aromatic rings. The lowest BCUT2D eigenvalue weighted by Crippen LogP contribution is -2.47. The monoisotopic (exact) mass is 536 g/mol. The molecule has 1 unspecified atom stereocenters. The first-order valence-corrected chi connectivity index (χ1v) is 13.3. The Morgan fingerprint density at radius 2 is 1.76 bits per heavy atom. The van der Waals surface area contributed by atoms with Crippen LogP contribution in [-0.4, -0.2) is 49.0 Å². The number of aryl methyl sites for hydroxylation is 1. The Morgan fingerprint density at radius 3 is 2.49 bits per heavy atom. The molecule has 37 heavy (non-hydrogen) atoms. The molecule has 1 aromatic heterocycles. The van der Waals surface area contributed by atoms with Crippen molar-refractivity contribution in [2.75, 3.05) is 30.0 Å². The molecule has 0 spiro atoms. The molecule has 198 valence electrons. The molecule has 1 atom stereocenters. The number of nitrogens with one attached hydrogen (secondary N) is 1. The predicted octanol–water partition coefficient (Wildman–Crippen LogP) is 5.14. The van der Waals surface area contributed by atoms with Crippen molar-refractivity contribution in [1.29, 1.82) is 0 Å². The Bertz CT molecular complexity index is 1290. The van der Waals surface area contributed by atoms with Crippen LogP contribution in [0.4, 0.5) is 28.9 Å².